The van der Waals surface area contributed by atoms with Crippen LogP contribution in [-0.4, -0.2) is 17.8 Å². The third-order valence-electron chi connectivity index (χ3n) is 2.87. The van der Waals surface area contributed by atoms with Crippen molar-refractivity contribution in [1.29, 1.82) is 0 Å². The van der Waals surface area contributed by atoms with Crippen LogP contribution in [0.2, 0.25) is 0 Å². The minimum atomic E-state index is -0.0682. The first kappa shape index (κ1) is 11.4. The molecule has 1 aliphatic rings. The second-order valence-electron chi connectivity index (χ2n) is 4.17. The van der Waals surface area contributed by atoms with E-state index in [1.54, 1.807) is 0 Å². The molecule has 0 aromatic carbocycles. The molecular formula is C11H16INO2. The maximum Gasteiger partial charge on any atom is 0.164 e. The molecule has 0 spiro atoms. The van der Waals surface area contributed by atoms with Crippen LogP contribution in [0.1, 0.15) is 25.0 Å². The Bertz CT molecular complexity index is 313. The summed E-state index contributed by atoms with van der Waals surface area (Å²) in [6.07, 6.45) is 2.98. The predicted molar refractivity (Wildman–Crippen MR) is 66.5 cm³/mol. The average molecular weight is 321 g/mol. The van der Waals surface area contributed by atoms with Crippen LogP contribution < -0.4 is 5.32 Å². The van der Waals surface area contributed by atoms with Crippen LogP contribution in [0.3, 0.4) is 0 Å². The van der Waals surface area contributed by atoms with Gasteiger partial charge in [-0.2, -0.15) is 0 Å². The van der Waals surface area contributed by atoms with Crippen molar-refractivity contribution in [2.24, 2.45) is 5.92 Å². The summed E-state index contributed by atoms with van der Waals surface area (Å²) in [5, 5.41) is 12.7. The molecule has 0 aliphatic heterocycles. The molecule has 1 aromatic heterocycles. The zero-order chi connectivity index (χ0) is 10.7. The van der Waals surface area contributed by atoms with Crippen LogP contribution in [0.15, 0.2) is 16.5 Å². The molecule has 1 heterocycles. The van der Waals surface area contributed by atoms with E-state index in [1.807, 2.05) is 12.1 Å². The van der Waals surface area contributed by atoms with Gasteiger partial charge in [0.05, 0.1) is 12.6 Å². The molecule has 1 aliphatic carbocycles. The largest absolute Gasteiger partial charge is 0.454 e. The molecule has 3 nitrogen and oxygen atoms in total. The van der Waals surface area contributed by atoms with Gasteiger partial charge >= 0.3 is 0 Å². The number of halogens is 1. The van der Waals surface area contributed by atoms with E-state index >= 15 is 0 Å². The third-order valence-corrected chi connectivity index (χ3v) is 3.45. The number of aliphatic hydroxyl groups excluding tert-OH is 1. The van der Waals surface area contributed by atoms with E-state index in [-0.39, 0.29) is 6.10 Å². The van der Waals surface area contributed by atoms with Crippen molar-refractivity contribution >= 4 is 22.6 Å². The van der Waals surface area contributed by atoms with E-state index in [4.69, 9.17) is 4.42 Å². The summed E-state index contributed by atoms with van der Waals surface area (Å²) >= 11 is 2.17. The molecule has 1 saturated carbocycles. The summed E-state index contributed by atoms with van der Waals surface area (Å²) in [5.74, 6) is 1.62. The van der Waals surface area contributed by atoms with Crippen LogP contribution in [0, 0.1) is 9.68 Å². The molecule has 1 fully saturated rings. The zero-order valence-corrected chi connectivity index (χ0v) is 10.7. The van der Waals surface area contributed by atoms with E-state index in [1.165, 1.54) is 0 Å². The van der Waals surface area contributed by atoms with E-state index in [2.05, 4.69) is 27.9 Å². The van der Waals surface area contributed by atoms with Gasteiger partial charge in [0.15, 0.2) is 3.77 Å². The smallest absolute Gasteiger partial charge is 0.164 e. The topological polar surface area (TPSA) is 45.4 Å². The van der Waals surface area contributed by atoms with Gasteiger partial charge in [0, 0.05) is 0 Å². The number of aliphatic hydroxyl groups is 1. The maximum absolute atomic E-state index is 9.37. The maximum atomic E-state index is 9.37. The van der Waals surface area contributed by atoms with Gasteiger partial charge in [-0.05, 0) is 66.4 Å². The van der Waals surface area contributed by atoms with Gasteiger partial charge < -0.3 is 14.8 Å². The molecule has 0 bridgehead atoms. The second kappa shape index (κ2) is 5.32. The SMILES string of the molecule is OC1CCC(CNCc2ccc(I)o2)C1. The van der Waals surface area contributed by atoms with Gasteiger partial charge in [-0.1, -0.05) is 0 Å². The molecular weight excluding hydrogens is 305 g/mol. The summed E-state index contributed by atoms with van der Waals surface area (Å²) < 4.78 is 6.38. The number of furan rings is 1. The van der Waals surface area contributed by atoms with Crippen molar-refractivity contribution in [2.45, 2.75) is 31.9 Å². The van der Waals surface area contributed by atoms with E-state index < -0.39 is 0 Å². The first-order valence-electron chi connectivity index (χ1n) is 5.37. The standard InChI is InChI=1S/C11H16INO2/c12-11-4-3-10(15-11)7-13-6-8-1-2-9(14)5-8/h3-4,8-9,13-14H,1-2,5-7H2. The molecule has 15 heavy (non-hydrogen) atoms. The molecule has 84 valence electrons. The van der Waals surface area contributed by atoms with Crippen molar-refractivity contribution in [1.82, 2.24) is 5.32 Å². The first-order chi connectivity index (χ1) is 7.24. The Morgan fingerprint density at radius 2 is 2.33 bits per heavy atom. The third kappa shape index (κ3) is 3.46. The Labute approximate surface area is 103 Å². The Kier molecular flexibility index (Phi) is 4.05. The fourth-order valence-electron chi connectivity index (χ4n) is 2.08. The summed E-state index contributed by atoms with van der Waals surface area (Å²) in [5.41, 5.74) is 0. The quantitative estimate of drug-likeness (QED) is 0.835. The molecule has 2 N–H and O–H groups in total. The number of hydrogen-bond acceptors (Lipinski definition) is 3. The average Bonchev–Trinajstić information content (AvgIpc) is 2.76. The van der Waals surface area contributed by atoms with E-state index in [0.717, 1.165) is 41.9 Å². The fraction of sp³-hybridized carbons (Fsp3) is 0.636. The highest BCUT2D eigenvalue weighted by Crippen LogP contribution is 2.24. The van der Waals surface area contributed by atoms with Crippen molar-refractivity contribution < 1.29 is 9.52 Å². The Hall–Kier alpha value is -0.0700. The number of rotatable bonds is 4. The lowest BCUT2D eigenvalue weighted by Gasteiger charge is -2.09. The van der Waals surface area contributed by atoms with E-state index in [0.29, 0.717) is 5.92 Å². The zero-order valence-electron chi connectivity index (χ0n) is 8.58. The summed E-state index contributed by atoms with van der Waals surface area (Å²) in [6.45, 7) is 1.77. The Morgan fingerprint density at radius 3 is 2.93 bits per heavy atom. The highest BCUT2D eigenvalue weighted by atomic mass is 127. The highest BCUT2D eigenvalue weighted by molar-refractivity contribution is 14.1. The molecule has 1 aromatic rings. The monoisotopic (exact) mass is 321 g/mol. The minimum Gasteiger partial charge on any atom is -0.454 e. The molecule has 0 saturated heterocycles. The first-order valence-corrected chi connectivity index (χ1v) is 6.45. The lowest BCUT2D eigenvalue weighted by Crippen LogP contribution is -2.21. The predicted octanol–water partition coefficient (Wildman–Crippen LogP) is 2.13. The Balaban J connectivity index is 1.67. The van der Waals surface area contributed by atoms with Gasteiger partial charge in [0.2, 0.25) is 0 Å². The van der Waals surface area contributed by atoms with Crippen LogP contribution in [0.25, 0.3) is 0 Å². The second-order valence-corrected chi connectivity index (χ2v) is 5.23. The molecule has 2 atom stereocenters. The molecule has 4 heteroatoms. The Morgan fingerprint density at radius 1 is 1.47 bits per heavy atom. The van der Waals surface area contributed by atoms with Gasteiger partial charge in [0.25, 0.3) is 0 Å². The molecule has 2 unspecified atom stereocenters. The van der Waals surface area contributed by atoms with Crippen molar-refractivity contribution in [3.8, 4) is 0 Å². The van der Waals surface area contributed by atoms with Crippen LogP contribution in [0.5, 0.6) is 0 Å². The van der Waals surface area contributed by atoms with Crippen LogP contribution in [0.4, 0.5) is 0 Å². The van der Waals surface area contributed by atoms with Crippen LogP contribution in [-0.2, 0) is 6.54 Å². The molecule has 0 radical (unpaired) electrons. The van der Waals surface area contributed by atoms with Crippen LogP contribution >= 0.6 is 22.6 Å². The summed E-state index contributed by atoms with van der Waals surface area (Å²) in [7, 11) is 0. The molecule has 2 rings (SSSR count). The summed E-state index contributed by atoms with van der Waals surface area (Å²) in [4.78, 5) is 0. The van der Waals surface area contributed by atoms with Crippen molar-refractivity contribution in [3.05, 3.63) is 21.7 Å². The highest BCUT2D eigenvalue weighted by Gasteiger charge is 2.22. The number of nitrogens with one attached hydrogen (secondary N) is 1. The number of hydrogen-bond donors (Lipinski definition) is 2. The minimum absolute atomic E-state index is 0.0682. The molecule has 0 amide bonds. The lowest BCUT2D eigenvalue weighted by atomic mass is 10.1. The van der Waals surface area contributed by atoms with Gasteiger partial charge in [-0.15, -0.1) is 0 Å². The fourth-order valence-corrected chi connectivity index (χ4v) is 2.54. The summed E-state index contributed by atoms with van der Waals surface area (Å²) in [6, 6.07) is 3.97. The van der Waals surface area contributed by atoms with Gasteiger partial charge in [-0.3, -0.25) is 0 Å². The normalized spacial score (nSPS) is 26.0. The van der Waals surface area contributed by atoms with Crippen molar-refractivity contribution in [3.63, 3.8) is 0 Å². The van der Waals surface area contributed by atoms with Gasteiger partial charge in [0.1, 0.15) is 5.76 Å². The van der Waals surface area contributed by atoms with Gasteiger partial charge in [-0.25, -0.2) is 0 Å². The van der Waals surface area contributed by atoms with E-state index in [9.17, 15) is 5.11 Å². The lowest BCUT2D eigenvalue weighted by molar-refractivity contribution is 0.177. The van der Waals surface area contributed by atoms with Crippen molar-refractivity contribution in [2.75, 3.05) is 6.54 Å².